The summed E-state index contributed by atoms with van der Waals surface area (Å²) in [5.41, 5.74) is 3.11. The van der Waals surface area contributed by atoms with Crippen molar-refractivity contribution in [3.8, 4) is 0 Å². The van der Waals surface area contributed by atoms with Gasteiger partial charge in [0.2, 0.25) is 0 Å². The molecule has 4 rings (SSSR count). The summed E-state index contributed by atoms with van der Waals surface area (Å²) in [5.74, 6) is -0.0263. The first-order chi connectivity index (χ1) is 12.7. The van der Waals surface area contributed by atoms with E-state index in [0.29, 0.717) is 11.3 Å². The predicted molar refractivity (Wildman–Crippen MR) is 103 cm³/mol. The summed E-state index contributed by atoms with van der Waals surface area (Å²) in [5, 5.41) is 9.20. The number of carbonyl (C=O) groups is 1. The van der Waals surface area contributed by atoms with Gasteiger partial charge in [0.25, 0.3) is 0 Å². The van der Waals surface area contributed by atoms with Gasteiger partial charge >= 0.3 is 0 Å². The molecule has 0 aliphatic carbocycles. The van der Waals surface area contributed by atoms with Crippen LogP contribution in [0.3, 0.4) is 0 Å². The van der Waals surface area contributed by atoms with Crippen molar-refractivity contribution in [2.24, 2.45) is 10.2 Å². The quantitative estimate of drug-likeness (QED) is 0.628. The Kier molecular flexibility index (Phi) is 4.05. The van der Waals surface area contributed by atoms with Crippen molar-refractivity contribution >= 4 is 11.5 Å². The number of ketones is 1. The van der Waals surface area contributed by atoms with Crippen molar-refractivity contribution in [2.45, 2.75) is 12.5 Å². The summed E-state index contributed by atoms with van der Waals surface area (Å²) in [6, 6.07) is 29.6. The van der Waals surface area contributed by atoms with Gasteiger partial charge in [0.15, 0.2) is 11.3 Å². The second kappa shape index (κ2) is 6.52. The minimum Gasteiger partial charge on any atom is -0.295 e. The number of benzene rings is 3. The molecule has 0 saturated carbocycles. The Balaban J connectivity index is 2.05. The van der Waals surface area contributed by atoms with E-state index in [-0.39, 0.29) is 5.78 Å². The molecule has 0 unspecified atom stereocenters. The Morgan fingerprint density at radius 3 is 1.65 bits per heavy atom. The third kappa shape index (κ3) is 2.49. The van der Waals surface area contributed by atoms with Crippen LogP contribution in [0.2, 0.25) is 0 Å². The van der Waals surface area contributed by atoms with Gasteiger partial charge in [-0.1, -0.05) is 91.0 Å². The third-order valence-electron chi connectivity index (χ3n) is 4.68. The molecule has 3 aromatic rings. The average molecular weight is 338 g/mol. The van der Waals surface area contributed by atoms with E-state index in [1.54, 1.807) is 6.92 Å². The van der Waals surface area contributed by atoms with Gasteiger partial charge in [0.05, 0.1) is 5.57 Å². The normalized spacial score (nSPS) is 15.3. The molecule has 3 nitrogen and oxygen atoms in total. The molecule has 0 bridgehead atoms. The Bertz CT molecular complexity index is 951. The molecule has 0 radical (unpaired) electrons. The van der Waals surface area contributed by atoms with E-state index in [1.165, 1.54) is 0 Å². The lowest BCUT2D eigenvalue weighted by Crippen LogP contribution is -2.29. The van der Waals surface area contributed by atoms with E-state index >= 15 is 0 Å². The van der Waals surface area contributed by atoms with Crippen LogP contribution in [0.1, 0.15) is 23.6 Å². The minimum absolute atomic E-state index is 0.0263. The number of hydrogen-bond acceptors (Lipinski definition) is 3. The highest BCUT2D eigenvalue weighted by molar-refractivity contribution is 6.05. The standard InChI is InChI=1S/C23H18N2O/c1-17(26)21-22(18-11-5-2-6-12-18)24-25-23(21,19-13-7-3-8-14-19)20-15-9-4-10-16-20/h2-16H,1H3. The highest BCUT2D eigenvalue weighted by atomic mass is 16.1. The number of hydrogen-bond donors (Lipinski definition) is 0. The van der Waals surface area contributed by atoms with Crippen LogP contribution < -0.4 is 0 Å². The molecule has 1 aliphatic rings. The van der Waals surface area contributed by atoms with Crippen LogP contribution in [0.4, 0.5) is 0 Å². The Morgan fingerprint density at radius 2 is 1.19 bits per heavy atom. The van der Waals surface area contributed by atoms with Crippen LogP contribution in [0.5, 0.6) is 0 Å². The Morgan fingerprint density at radius 1 is 0.731 bits per heavy atom. The summed E-state index contributed by atoms with van der Waals surface area (Å²) in [4.78, 5) is 12.8. The van der Waals surface area contributed by atoms with Gasteiger partial charge in [-0.3, -0.25) is 4.79 Å². The molecule has 0 fully saturated rings. The van der Waals surface area contributed by atoms with Crippen LogP contribution in [0.25, 0.3) is 5.70 Å². The molecule has 126 valence electrons. The van der Waals surface area contributed by atoms with Crippen molar-refractivity contribution < 1.29 is 4.79 Å². The van der Waals surface area contributed by atoms with Crippen LogP contribution in [0.15, 0.2) is 107 Å². The molecule has 0 aromatic heterocycles. The van der Waals surface area contributed by atoms with Crippen LogP contribution in [-0.4, -0.2) is 5.78 Å². The summed E-state index contributed by atoms with van der Waals surface area (Å²) in [7, 11) is 0. The van der Waals surface area contributed by atoms with Gasteiger partial charge in [-0.05, 0) is 18.1 Å². The van der Waals surface area contributed by atoms with Gasteiger partial charge in [-0.25, -0.2) is 0 Å². The first-order valence-electron chi connectivity index (χ1n) is 8.58. The van der Waals surface area contributed by atoms with E-state index < -0.39 is 5.54 Å². The number of carbonyl (C=O) groups excluding carboxylic acids is 1. The lowest BCUT2D eigenvalue weighted by atomic mass is 9.75. The predicted octanol–water partition coefficient (Wildman–Crippen LogP) is 5.40. The largest absolute Gasteiger partial charge is 0.295 e. The molecule has 1 heterocycles. The number of azo groups is 1. The van der Waals surface area contributed by atoms with Gasteiger partial charge in [-0.2, -0.15) is 10.2 Å². The molecule has 1 aliphatic heterocycles. The molecule has 3 heteroatoms. The van der Waals surface area contributed by atoms with Gasteiger partial charge in [0, 0.05) is 5.56 Å². The lowest BCUT2D eigenvalue weighted by molar-refractivity contribution is -0.114. The number of nitrogens with zero attached hydrogens (tertiary/aromatic N) is 2. The van der Waals surface area contributed by atoms with E-state index in [0.717, 1.165) is 16.7 Å². The van der Waals surface area contributed by atoms with Gasteiger partial charge in [-0.15, -0.1) is 0 Å². The maximum Gasteiger partial charge on any atom is 0.162 e. The minimum atomic E-state index is -0.917. The fourth-order valence-corrected chi connectivity index (χ4v) is 3.55. The van der Waals surface area contributed by atoms with E-state index in [1.807, 2.05) is 91.0 Å². The molecule has 3 aromatic carbocycles. The van der Waals surface area contributed by atoms with Crippen molar-refractivity contribution in [3.05, 3.63) is 113 Å². The second-order valence-corrected chi connectivity index (χ2v) is 6.29. The maximum absolute atomic E-state index is 12.8. The highest BCUT2D eigenvalue weighted by Gasteiger charge is 2.46. The van der Waals surface area contributed by atoms with Crippen LogP contribution in [0, 0.1) is 0 Å². The fraction of sp³-hybridized carbons (Fsp3) is 0.0870. The number of Topliss-reactive ketones (excluding diaryl/α,β-unsaturated/α-hetero) is 1. The highest BCUT2D eigenvalue weighted by Crippen LogP contribution is 2.49. The molecule has 0 N–H and O–H groups in total. The van der Waals surface area contributed by atoms with Gasteiger partial charge < -0.3 is 0 Å². The first kappa shape index (κ1) is 16.2. The summed E-state index contributed by atoms with van der Waals surface area (Å²) in [6.45, 7) is 1.59. The molecule has 0 atom stereocenters. The monoisotopic (exact) mass is 338 g/mol. The van der Waals surface area contributed by atoms with Crippen molar-refractivity contribution in [1.29, 1.82) is 0 Å². The summed E-state index contributed by atoms with van der Waals surface area (Å²) in [6.07, 6.45) is 0. The second-order valence-electron chi connectivity index (χ2n) is 6.29. The van der Waals surface area contributed by atoms with Crippen molar-refractivity contribution in [2.75, 3.05) is 0 Å². The first-order valence-corrected chi connectivity index (χ1v) is 8.58. The molecule has 26 heavy (non-hydrogen) atoms. The van der Waals surface area contributed by atoms with Crippen LogP contribution >= 0.6 is 0 Å². The lowest BCUT2D eigenvalue weighted by Gasteiger charge is -2.28. The zero-order valence-electron chi connectivity index (χ0n) is 14.5. The van der Waals surface area contributed by atoms with Crippen LogP contribution in [-0.2, 0) is 10.3 Å². The third-order valence-corrected chi connectivity index (χ3v) is 4.68. The van der Waals surface area contributed by atoms with E-state index in [4.69, 9.17) is 5.11 Å². The number of rotatable bonds is 4. The fourth-order valence-electron chi connectivity index (χ4n) is 3.55. The topological polar surface area (TPSA) is 41.8 Å². The SMILES string of the molecule is CC(=O)C1=C(c2ccccc2)N=NC1(c1ccccc1)c1ccccc1. The van der Waals surface area contributed by atoms with E-state index in [9.17, 15) is 4.79 Å². The zero-order valence-corrected chi connectivity index (χ0v) is 14.5. The summed E-state index contributed by atoms with van der Waals surface area (Å²) >= 11 is 0. The maximum atomic E-state index is 12.8. The van der Waals surface area contributed by atoms with Crippen molar-refractivity contribution in [3.63, 3.8) is 0 Å². The molecule has 0 amide bonds. The zero-order chi connectivity index (χ0) is 18.0. The molecule has 0 saturated heterocycles. The molecular formula is C23H18N2O. The van der Waals surface area contributed by atoms with E-state index in [2.05, 4.69) is 5.11 Å². The van der Waals surface area contributed by atoms with Gasteiger partial charge in [0.1, 0.15) is 5.70 Å². The van der Waals surface area contributed by atoms with Crippen molar-refractivity contribution in [1.82, 2.24) is 0 Å². The molecule has 0 spiro atoms. The Labute approximate surface area is 152 Å². The summed E-state index contributed by atoms with van der Waals surface area (Å²) < 4.78 is 0. The molecular weight excluding hydrogens is 320 g/mol. The Hall–Kier alpha value is -3.33. The average Bonchev–Trinajstić information content (AvgIpc) is 3.12. The smallest absolute Gasteiger partial charge is 0.162 e.